The number of hydrogen-bond donors (Lipinski definition) is 2. The Bertz CT molecular complexity index is 873. The molecule has 2 aromatic rings. The number of aromatic nitrogens is 3. The third-order valence-electron chi connectivity index (χ3n) is 6.48. The first kappa shape index (κ1) is 19.6. The van der Waals surface area contributed by atoms with Crippen molar-refractivity contribution in [3.63, 3.8) is 0 Å². The first-order valence-corrected chi connectivity index (χ1v) is 9.98. The van der Waals surface area contributed by atoms with E-state index in [1.54, 1.807) is 6.20 Å². The number of aliphatic carboxylic acids is 1. The van der Waals surface area contributed by atoms with Crippen LogP contribution in [0.25, 0.3) is 0 Å². The summed E-state index contributed by atoms with van der Waals surface area (Å²) in [5, 5.41) is 20.2. The summed E-state index contributed by atoms with van der Waals surface area (Å²) in [6.45, 7) is 7.35. The van der Waals surface area contributed by atoms with Crippen LogP contribution in [0.2, 0.25) is 0 Å². The highest BCUT2D eigenvalue weighted by Gasteiger charge is 2.53. The molecule has 0 aromatic carbocycles. The zero-order valence-corrected chi connectivity index (χ0v) is 16.8. The molecule has 0 spiro atoms. The summed E-state index contributed by atoms with van der Waals surface area (Å²) in [4.78, 5) is 28.5. The minimum atomic E-state index is -0.786. The molecule has 156 valence electrons. The van der Waals surface area contributed by atoms with Crippen molar-refractivity contribution in [3.8, 4) is 0 Å². The van der Waals surface area contributed by atoms with Gasteiger partial charge in [-0.25, -0.2) is 0 Å². The number of aromatic amines is 1. The Labute approximate surface area is 169 Å². The first-order valence-electron chi connectivity index (χ1n) is 9.98. The number of carboxylic acids is 1. The molecule has 2 fully saturated rings. The quantitative estimate of drug-likeness (QED) is 0.720. The summed E-state index contributed by atoms with van der Waals surface area (Å²) in [7, 11) is 0. The van der Waals surface area contributed by atoms with Crippen LogP contribution in [0.1, 0.15) is 35.6 Å². The van der Waals surface area contributed by atoms with Crippen LogP contribution in [0.5, 0.6) is 0 Å². The fourth-order valence-corrected chi connectivity index (χ4v) is 4.94. The van der Waals surface area contributed by atoms with E-state index in [-0.39, 0.29) is 30.1 Å². The molecule has 1 amide bonds. The van der Waals surface area contributed by atoms with E-state index in [4.69, 9.17) is 4.52 Å². The number of aryl methyl sites for hydroxylation is 2. The van der Waals surface area contributed by atoms with Crippen LogP contribution in [-0.2, 0) is 22.6 Å². The summed E-state index contributed by atoms with van der Waals surface area (Å²) < 4.78 is 5.18. The average Bonchev–Trinajstić information content (AvgIpc) is 3.41. The minimum Gasteiger partial charge on any atom is -0.481 e. The van der Waals surface area contributed by atoms with Gasteiger partial charge in [0.25, 0.3) is 0 Å². The molecule has 4 rings (SSSR count). The molecule has 9 nitrogen and oxygen atoms in total. The van der Waals surface area contributed by atoms with Gasteiger partial charge < -0.3 is 14.5 Å². The molecule has 29 heavy (non-hydrogen) atoms. The maximum absolute atomic E-state index is 13.0. The van der Waals surface area contributed by atoms with Gasteiger partial charge in [-0.05, 0) is 32.3 Å². The Morgan fingerprint density at radius 3 is 2.83 bits per heavy atom. The molecule has 2 atom stereocenters. The van der Waals surface area contributed by atoms with Crippen LogP contribution in [0, 0.1) is 25.2 Å². The van der Waals surface area contributed by atoms with Crippen molar-refractivity contribution < 1.29 is 19.2 Å². The number of carbonyl (C=O) groups excluding carboxylic acids is 1. The van der Waals surface area contributed by atoms with Crippen molar-refractivity contribution in [2.75, 3.05) is 26.2 Å². The summed E-state index contributed by atoms with van der Waals surface area (Å²) in [6, 6.07) is 1.96. The van der Waals surface area contributed by atoms with Crippen molar-refractivity contribution in [1.82, 2.24) is 25.2 Å². The summed E-state index contributed by atoms with van der Waals surface area (Å²) in [5.41, 5.74) is 2.48. The van der Waals surface area contributed by atoms with Crippen LogP contribution < -0.4 is 0 Å². The van der Waals surface area contributed by atoms with E-state index in [0.717, 1.165) is 36.6 Å². The molecule has 2 aliphatic heterocycles. The second-order valence-electron chi connectivity index (χ2n) is 8.46. The predicted octanol–water partition coefficient (Wildman–Crippen LogP) is 1.38. The third kappa shape index (κ3) is 3.91. The molecule has 2 aromatic heterocycles. The highest BCUT2D eigenvalue weighted by Crippen LogP contribution is 2.46. The van der Waals surface area contributed by atoms with Crippen molar-refractivity contribution in [2.24, 2.45) is 11.3 Å². The number of rotatable bonds is 7. The Morgan fingerprint density at radius 1 is 1.34 bits per heavy atom. The number of likely N-dealkylation sites (tertiary alicyclic amines) is 2. The second kappa shape index (κ2) is 7.62. The van der Waals surface area contributed by atoms with Crippen molar-refractivity contribution >= 4 is 11.9 Å². The van der Waals surface area contributed by atoms with Crippen LogP contribution >= 0.6 is 0 Å². The van der Waals surface area contributed by atoms with Gasteiger partial charge in [0, 0.05) is 62.0 Å². The van der Waals surface area contributed by atoms with E-state index < -0.39 is 5.97 Å². The summed E-state index contributed by atoms with van der Waals surface area (Å²) >= 11 is 0. The van der Waals surface area contributed by atoms with Gasteiger partial charge in [-0.1, -0.05) is 5.16 Å². The van der Waals surface area contributed by atoms with Gasteiger partial charge in [0.1, 0.15) is 5.76 Å². The molecule has 9 heteroatoms. The summed E-state index contributed by atoms with van der Waals surface area (Å²) in [6.07, 6.45) is 2.73. The number of carboxylic acid groups (broad SMARTS) is 1. The Morgan fingerprint density at radius 2 is 2.17 bits per heavy atom. The average molecular weight is 401 g/mol. The SMILES string of the molecule is Cc1noc(C)c1CC(=O)N1CC2CN(Cc3ccn[nH]3)CC2(CCC(=O)O)C1. The zero-order valence-electron chi connectivity index (χ0n) is 16.8. The van der Waals surface area contributed by atoms with Gasteiger partial charge in [-0.3, -0.25) is 19.6 Å². The van der Waals surface area contributed by atoms with Gasteiger partial charge in [0.05, 0.1) is 12.1 Å². The van der Waals surface area contributed by atoms with E-state index in [9.17, 15) is 14.7 Å². The van der Waals surface area contributed by atoms with Crippen LogP contribution in [0.15, 0.2) is 16.8 Å². The zero-order chi connectivity index (χ0) is 20.6. The number of nitrogens with zero attached hydrogens (tertiary/aromatic N) is 4. The lowest BCUT2D eigenvalue weighted by atomic mass is 9.77. The molecule has 4 heterocycles. The molecule has 0 radical (unpaired) electrons. The molecule has 2 N–H and O–H groups in total. The van der Waals surface area contributed by atoms with Gasteiger partial charge >= 0.3 is 5.97 Å². The number of nitrogens with one attached hydrogen (secondary N) is 1. The highest BCUT2D eigenvalue weighted by atomic mass is 16.5. The van der Waals surface area contributed by atoms with Crippen molar-refractivity contribution in [2.45, 2.75) is 39.7 Å². The van der Waals surface area contributed by atoms with Gasteiger partial charge in [0.2, 0.25) is 5.91 Å². The monoisotopic (exact) mass is 401 g/mol. The van der Waals surface area contributed by atoms with Crippen LogP contribution in [0.3, 0.4) is 0 Å². The standard InChI is InChI=1S/C20H27N5O4/c1-13-17(14(2)29-23-13)7-18(26)25-9-15-8-24(10-16-4-6-21-22-16)11-20(15,12-25)5-3-19(27)28/h4,6,15H,3,5,7-12H2,1-2H3,(H,21,22)(H,27,28). The maximum atomic E-state index is 13.0. The second-order valence-corrected chi connectivity index (χ2v) is 8.46. The van der Waals surface area contributed by atoms with Crippen molar-refractivity contribution in [1.29, 1.82) is 0 Å². The maximum Gasteiger partial charge on any atom is 0.303 e. The Kier molecular flexibility index (Phi) is 5.16. The van der Waals surface area contributed by atoms with E-state index in [1.165, 1.54) is 0 Å². The molecule has 0 saturated carbocycles. The van der Waals surface area contributed by atoms with Crippen LogP contribution in [-0.4, -0.2) is 68.3 Å². The van der Waals surface area contributed by atoms with E-state index >= 15 is 0 Å². The highest BCUT2D eigenvalue weighted by molar-refractivity contribution is 5.79. The molecule has 2 saturated heterocycles. The molecule has 0 aliphatic carbocycles. The van der Waals surface area contributed by atoms with Crippen LogP contribution in [0.4, 0.5) is 0 Å². The lowest BCUT2D eigenvalue weighted by Crippen LogP contribution is -2.37. The number of fused-ring (bicyclic) bond motifs is 1. The molecule has 0 bridgehead atoms. The molecular weight excluding hydrogens is 374 g/mol. The first-order chi connectivity index (χ1) is 13.9. The van der Waals surface area contributed by atoms with E-state index in [2.05, 4.69) is 20.3 Å². The number of carbonyl (C=O) groups is 2. The lowest BCUT2D eigenvalue weighted by molar-refractivity contribution is -0.137. The van der Waals surface area contributed by atoms with E-state index in [0.29, 0.717) is 25.3 Å². The van der Waals surface area contributed by atoms with Gasteiger partial charge in [0.15, 0.2) is 0 Å². The minimum absolute atomic E-state index is 0.0589. The number of H-pyrrole nitrogens is 1. The van der Waals surface area contributed by atoms with Gasteiger partial charge in [-0.2, -0.15) is 5.10 Å². The molecule has 2 unspecified atom stereocenters. The van der Waals surface area contributed by atoms with Gasteiger partial charge in [-0.15, -0.1) is 0 Å². The van der Waals surface area contributed by atoms with E-state index in [1.807, 2.05) is 24.8 Å². The smallest absolute Gasteiger partial charge is 0.303 e. The fourth-order valence-electron chi connectivity index (χ4n) is 4.94. The third-order valence-corrected chi connectivity index (χ3v) is 6.48. The fraction of sp³-hybridized carbons (Fsp3) is 0.600. The normalized spacial score (nSPS) is 24.2. The topological polar surface area (TPSA) is 116 Å². The number of hydrogen-bond acceptors (Lipinski definition) is 6. The Hall–Kier alpha value is -2.68. The summed E-state index contributed by atoms with van der Waals surface area (Å²) in [5.74, 6) is 0.231. The largest absolute Gasteiger partial charge is 0.481 e. The lowest BCUT2D eigenvalue weighted by Gasteiger charge is -2.29. The number of amides is 1. The molecule has 2 aliphatic rings. The Balaban J connectivity index is 1.46. The molecular formula is C20H27N5O4. The van der Waals surface area contributed by atoms with Crippen molar-refractivity contribution in [3.05, 3.63) is 35.0 Å². The predicted molar refractivity (Wildman–Crippen MR) is 103 cm³/mol.